The van der Waals surface area contributed by atoms with Gasteiger partial charge in [0.2, 0.25) is 0 Å². The minimum Gasteiger partial charge on any atom is -0.493 e. The molecule has 4 heteroatoms. The maximum atomic E-state index is 12.6. The molecule has 0 saturated carbocycles. The average molecular weight is 380 g/mol. The molecule has 0 aromatic heterocycles. The first-order valence-electron chi connectivity index (χ1n) is 9.73. The van der Waals surface area contributed by atoms with Crippen molar-refractivity contribution < 1.29 is 14.3 Å². The van der Waals surface area contributed by atoms with E-state index in [0.717, 1.165) is 29.7 Å². The number of nitrogens with zero attached hydrogens (tertiary/aromatic N) is 1. The molecule has 2 aromatic carbocycles. The third-order valence-electron chi connectivity index (χ3n) is 4.57. The normalized spacial score (nSPS) is 10.9. The lowest BCUT2D eigenvalue weighted by Crippen LogP contribution is -2.21. The Morgan fingerprint density at radius 2 is 1.61 bits per heavy atom. The second-order valence-corrected chi connectivity index (χ2v) is 6.79. The summed E-state index contributed by atoms with van der Waals surface area (Å²) in [5.41, 5.74) is 4.41. The van der Waals surface area contributed by atoms with Gasteiger partial charge in [-0.15, -0.1) is 0 Å². The molecule has 2 rings (SSSR count). The lowest BCUT2D eigenvalue weighted by Gasteiger charge is -2.14. The first-order valence-corrected chi connectivity index (χ1v) is 9.73. The zero-order chi connectivity index (χ0) is 20.7. The average Bonchev–Trinajstić information content (AvgIpc) is 2.72. The van der Waals surface area contributed by atoms with Crippen LogP contribution in [0.5, 0.6) is 5.75 Å². The van der Waals surface area contributed by atoms with Crippen LogP contribution < -0.4 is 4.74 Å². The maximum absolute atomic E-state index is 12.6. The number of carbonyl (C=O) groups excluding carboxylic acids is 2. The van der Waals surface area contributed by atoms with Crippen molar-refractivity contribution in [1.82, 2.24) is 4.90 Å². The summed E-state index contributed by atoms with van der Waals surface area (Å²) < 4.78 is 5.86. The SMILES string of the molecule is CCOc1c(/C=C/C(=O)c2ccc(C(=O)N(C)C)cc2)cc(CC)cc1CC. The Balaban J connectivity index is 2.29. The number of hydrogen-bond donors (Lipinski definition) is 0. The third-order valence-corrected chi connectivity index (χ3v) is 4.57. The van der Waals surface area contributed by atoms with Gasteiger partial charge < -0.3 is 9.64 Å². The van der Waals surface area contributed by atoms with Gasteiger partial charge in [-0.25, -0.2) is 0 Å². The molecule has 0 saturated heterocycles. The number of hydrogen-bond acceptors (Lipinski definition) is 3. The molecule has 0 bridgehead atoms. The molecule has 1 amide bonds. The number of amides is 1. The smallest absolute Gasteiger partial charge is 0.253 e. The van der Waals surface area contributed by atoms with E-state index < -0.39 is 0 Å². The van der Waals surface area contributed by atoms with Crippen molar-refractivity contribution in [3.05, 3.63) is 70.3 Å². The molecule has 28 heavy (non-hydrogen) atoms. The van der Waals surface area contributed by atoms with Gasteiger partial charge in [0.25, 0.3) is 5.91 Å². The molecule has 148 valence electrons. The summed E-state index contributed by atoms with van der Waals surface area (Å²) in [6.07, 6.45) is 5.19. The van der Waals surface area contributed by atoms with E-state index in [0.29, 0.717) is 17.7 Å². The van der Waals surface area contributed by atoms with Crippen LogP contribution in [-0.4, -0.2) is 37.3 Å². The Bertz CT molecular complexity index is 864. The Hall–Kier alpha value is -2.88. The maximum Gasteiger partial charge on any atom is 0.253 e. The van der Waals surface area contributed by atoms with Gasteiger partial charge in [-0.2, -0.15) is 0 Å². The predicted molar refractivity (Wildman–Crippen MR) is 114 cm³/mol. The van der Waals surface area contributed by atoms with E-state index in [-0.39, 0.29) is 11.7 Å². The molecule has 0 unspecified atom stereocenters. The Morgan fingerprint density at radius 3 is 2.14 bits per heavy atom. The lowest BCUT2D eigenvalue weighted by molar-refractivity contribution is 0.0827. The Labute approximate surface area is 167 Å². The number of ether oxygens (including phenoxy) is 1. The quantitative estimate of drug-likeness (QED) is 0.488. The van der Waals surface area contributed by atoms with Gasteiger partial charge in [0, 0.05) is 30.8 Å². The molecule has 0 radical (unpaired) electrons. The highest BCUT2D eigenvalue weighted by molar-refractivity contribution is 6.07. The third kappa shape index (κ3) is 5.10. The van der Waals surface area contributed by atoms with Crippen molar-refractivity contribution in [2.75, 3.05) is 20.7 Å². The monoisotopic (exact) mass is 379 g/mol. The van der Waals surface area contributed by atoms with Gasteiger partial charge in [-0.3, -0.25) is 9.59 Å². The van der Waals surface area contributed by atoms with Crippen molar-refractivity contribution in [2.24, 2.45) is 0 Å². The van der Waals surface area contributed by atoms with Crippen LogP contribution >= 0.6 is 0 Å². The van der Waals surface area contributed by atoms with Crippen LogP contribution in [0, 0.1) is 0 Å². The summed E-state index contributed by atoms with van der Waals surface area (Å²) in [6, 6.07) is 11.0. The first kappa shape index (κ1) is 21.4. The van der Waals surface area contributed by atoms with Crippen LogP contribution in [0.25, 0.3) is 6.08 Å². The van der Waals surface area contributed by atoms with E-state index in [1.807, 2.05) is 13.0 Å². The molecule has 4 nitrogen and oxygen atoms in total. The van der Waals surface area contributed by atoms with Crippen LogP contribution in [0.3, 0.4) is 0 Å². The highest BCUT2D eigenvalue weighted by Gasteiger charge is 2.11. The van der Waals surface area contributed by atoms with Gasteiger partial charge in [0.05, 0.1) is 6.61 Å². The van der Waals surface area contributed by atoms with Crippen LogP contribution in [0.15, 0.2) is 42.5 Å². The molecule has 0 atom stereocenters. The van der Waals surface area contributed by atoms with Crippen LogP contribution in [0.1, 0.15) is 58.2 Å². The fraction of sp³-hybridized carbons (Fsp3) is 0.333. The molecule has 2 aromatic rings. The van der Waals surface area contributed by atoms with Crippen molar-refractivity contribution in [1.29, 1.82) is 0 Å². The number of rotatable bonds is 8. The van der Waals surface area contributed by atoms with E-state index in [1.54, 1.807) is 44.4 Å². The highest BCUT2D eigenvalue weighted by atomic mass is 16.5. The second-order valence-electron chi connectivity index (χ2n) is 6.79. The predicted octanol–water partition coefficient (Wildman–Crippen LogP) is 4.81. The number of ketones is 1. The fourth-order valence-electron chi connectivity index (χ4n) is 2.99. The first-order chi connectivity index (χ1) is 13.4. The Kier molecular flexibility index (Phi) is 7.56. The van der Waals surface area contributed by atoms with E-state index >= 15 is 0 Å². The van der Waals surface area contributed by atoms with E-state index in [4.69, 9.17) is 4.74 Å². The van der Waals surface area contributed by atoms with E-state index in [1.165, 1.54) is 10.5 Å². The molecule has 0 aliphatic heterocycles. The van der Waals surface area contributed by atoms with Crippen molar-refractivity contribution in [3.8, 4) is 5.75 Å². The van der Waals surface area contributed by atoms with Crippen molar-refractivity contribution in [2.45, 2.75) is 33.6 Å². The molecule has 0 spiro atoms. The summed E-state index contributed by atoms with van der Waals surface area (Å²) in [4.78, 5) is 26.1. The molecular formula is C24H29NO3. The summed E-state index contributed by atoms with van der Waals surface area (Å²) in [6.45, 7) is 6.76. The molecule has 0 heterocycles. The van der Waals surface area contributed by atoms with Gasteiger partial charge in [-0.05, 0) is 61.2 Å². The van der Waals surface area contributed by atoms with Crippen LogP contribution in [-0.2, 0) is 12.8 Å². The highest BCUT2D eigenvalue weighted by Crippen LogP contribution is 2.28. The lowest BCUT2D eigenvalue weighted by atomic mass is 9.99. The minimum atomic E-state index is -0.105. The molecular weight excluding hydrogens is 350 g/mol. The molecule has 0 fully saturated rings. The number of carbonyl (C=O) groups is 2. The van der Waals surface area contributed by atoms with E-state index in [9.17, 15) is 9.59 Å². The summed E-state index contributed by atoms with van der Waals surface area (Å²) in [5, 5.41) is 0. The zero-order valence-corrected chi connectivity index (χ0v) is 17.4. The van der Waals surface area contributed by atoms with Crippen molar-refractivity contribution in [3.63, 3.8) is 0 Å². The molecule has 0 aliphatic rings. The van der Waals surface area contributed by atoms with Gasteiger partial charge in [0.1, 0.15) is 5.75 Å². The molecule has 0 aliphatic carbocycles. The number of aryl methyl sites for hydroxylation is 2. The molecule has 0 N–H and O–H groups in total. The van der Waals surface area contributed by atoms with E-state index in [2.05, 4.69) is 26.0 Å². The zero-order valence-electron chi connectivity index (χ0n) is 17.4. The summed E-state index contributed by atoms with van der Waals surface area (Å²) in [5.74, 6) is 0.656. The standard InChI is InChI=1S/C24H29NO3/c1-6-17-15-18(7-2)23(28-8-3)21(16-17)13-14-22(26)19-9-11-20(12-10-19)24(27)25(4)5/h9-16H,6-8H2,1-5H3/b14-13+. The largest absolute Gasteiger partial charge is 0.493 e. The number of benzene rings is 2. The Morgan fingerprint density at radius 1 is 0.964 bits per heavy atom. The number of allylic oxidation sites excluding steroid dienone is 1. The van der Waals surface area contributed by atoms with Crippen molar-refractivity contribution >= 4 is 17.8 Å². The van der Waals surface area contributed by atoms with Gasteiger partial charge in [0.15, 0.2) is 5.78 Å². The van der Waals surface area contributed by atoms with Crippen LogP contribution in [0.2, 0.25) is 0 Å². The second kappa shape index (κ2) is 9.88. The minimum absolute atomic E-state index is 0.0839. The summed E-state index contributed by atoms with van der Waals surface area (Å²) >= 11 is 0. The van der Waals surface area contributed by atoms with Gasteiger partial charge in [-0.1, -0.05) is 32.0 Å². The fourth-order valence-corrected chi connectivity index (χ4v) is 2.99. The van der Waals surface area contributed by atoms with Crippen LogP contribution in [0.4, 0.5) is 0 Å². The topological polar surface area (TPSA) is 46.6 Å². The summed E-state index contributed by atoms with van der Waals surface area (Å²) in [7, 11) is 3.41. The van der Waals surface area contributed by atoms with Gasteiger partial charge >= 0.3 is 0 Å².